The second kappa shape index (κ2) is 8.95. The second-order valence-electron chi connectivity index (χ2n) is 6.56. The van der Waals surface area contributed by atoms with E-state index in [0.29, 0.717) is 11.1 Å². The van der Waals surface area contributed by atoms with E-state index in [1.807, 2.05) is 0 Å². The Balaban J connectivity index is 2.01. The molecular weight excluding hydrogens is 392 g/mol. The minimum atomic E-state index is -1.66. The first-order chi connectivity index (χ1) is 14.4. The maximum Gasteiger partial charge on any atom is 0.326 e. The van der Waals surface area contributed by atoms with E-state index in [-0.39, 0.29) is 11.8 Å². The van der Waals surface area contributed by atoms with E-state index in [9.17, 15) is 24.3 Å². The highest BCUT2D eigenvalue weighted by Crippen LogP contribution is 2.14. The summed E-state index contributed by atoms with van der Waals surface area (Å²) in [6.45, 7) is 0. The van der Waals surface area contributed by atoms with Crippen LogP contribution in [0.4, 0.5) is 0 Å². The molecule has 1 heterocycles. The largest absolute Gasteiger partial charge is 0.481 e. The van der Waals surface area contributed by atoms with Crippen LogP contribution in [0.2, 0.25) is 0 Å². The molecule has 1 amide bonds. The third kappa shape index (κ3) is 4.66. The van der Waals surface area contributed by atoms with Gasteiger partial charge < -0.3 is 15.5 Å². The fourth-order valence-electron chi connectivity index (χ4n) is 2.98. The number of aromatic nitrogens is 3. The lowest BCUT2D eigenvalue weighted by molar-refractivity contribution is -0.147. The van der Waals surface area contributed by atoms with E-state index in [0.717, 1.165) is 4.68 Å². The van der Waals surface area contributed by atoms with Crippen molar-refractivity contribution in [1.82, 2.24) is 20.3 Å². The highest BCUT2D eigenvalue weighted by molar-refractivity contribution is 5.88. The minimum Gasteiger partial charge on any atom is -0.481 e. The van der Waals surface area contributed by atoms with E-state index in [4.69, 9.17) is 5.11 Å². The van der Waals surface area contributed by atoms with Gasteiger partial charge in [0.15, 0.2) is 0 Å². The van der Waals surface area contributed by atoms with Crippen molar-refractivity contribution in [1.29, 1.82) is 0 Å². The SMILES string of the molecule is O=C(O)CC(NC(=O)C(Cc1ccccc1)n1nnc2ccccc2c1=O)C(=O)O. The molecule has 3 N–H and O–H groups in total. The van der Waals surface area contributed by atoms with Gasteiger partial charge in [-0.05, 0) is 17.7 Å². The molecule has 0 aliphatic rings. The van der Waals surface area contributed by atoms with E-state index >= 15 is 0 Å². The van der Waals surface area contributed by atoms with E-state index in [1.54, 1.807) is 54.6 Å². The minimum absolute atomic E-state index is 0.0268. The van der Waals surface area contributed by atoms with Gasteiger partial charge in [-0.2, -0.15) is 4.68 Å². The van der Waals surface area contributed by atoms with E-state index < -0.39 is 41.9 Å². The topological polar surface area (TPSA) is 151 Å². The summed E-state index contributed by atoms with van der Waals surface area (Å²) in [5.74, 6) is -3.73. The van der Waals surface area contributed by atoms with Crippen molar-refractivity contribution < 1.29 is 24.6 Å². The number of carboxylic acid groups (broad SMARTS) is 2. The number of rotatable bonds is 8. The van der Waals surface area contributed by atoms with E-state index in [1.165, 1.54) is 0 Å². The fraction of sp³-hybridized carbons (Fsp3) is 0.200. The van der Waals surface area contributed by atoms with Crippen molar-refractivity contribution in [2.45, 2.75) is 24.9 Å². The number of nitrogens with zero attached hydrogens (tertiary/aromatic N) is 3. The van der Waals surface area contributed by atoms with Crippen LogP contribution in [0.3, 0.4) is 0 Å². The molecule has 2 aromatic carbocycles. The van der Waals surface area contributed by atoms with Crippen molar-refractivity contribution in [3.63, 3.8) is 0 Å². The van der Waals surface area contributed by atoms with Gasteiger partial charge in [0.25, 0.3) is 5.56 Å². The summed E-state index contributed by atoms with van der Waals surface area (Å²) < 4.78 is 0.893. The van der Waals surface area contributed by atoms with Crippen molar-refractivity contribution in [3.8, 4) is 0 Å². The highest BCUT2D eigenvalue weighted by atomic mass is 16.4. The van der Waals surface area contributed by atoms with Crippen LogP contribution >= 0.6 is 0 Å². The summed E-state index contributed by atoms with van der Waals surface area (Å²) in [6, 6.07) is 12.4. The standard InChI is InChI=1S/C20H18N4O6/c25-17(26)11-15(20(29)30)21-18(27)16(10-12-6-2-1-3-7-12)24-19(28)13-8-4-5-9-14(13)22-23-24/h1-9,15-16H,10-11H2,(H,21,27)(H,25,26)(H,29,30). The zero-order valence-electron chi connectivity index (χ0n) is 15.6. The zero-order valence-corrected chi connectivity index (χ0v) is 15.6. The Labute approximate surface area is 169 Å². The number of amides is 1. The number of nitrogens with one attached hydrogen (secondary N) is 1. The van der Waals surface area contributed by atoms with Crippen LogP contribution in [-0.4, -0.2) is 49.1 Å². The number of fused-ring (bicyclic) bond motifs is 1. The van der Waals surface area contributed by atoms with Crippen molar-refractivity contribution >= 4 is 28.7 Å². The zero-order chi connectivity index (χ0) is 21.7. The monoisotopic (exact) mass is 410 g/mol. The molecule has 154 valence electrons. The molecule has 3 rings (SSSR count). The Kier molecular flexibility index (Phi) is 6.16. The first kappa shape index (κ1) is 20.6. The molecule has 10 nitrogen and oxygen atoms in total. The van der Waals surface area contributed by atoms with Crippen LogP contribution in [0.5, 0.6) is 0 Å². The van der Waals surface area contributed by atoms with Crippen LogP contribution in [0.15, 0.2) is 59.4 Å². The van der Waals surface area contributed by atoms with Crippen LogP contribution in [0.1, 0.15) is 18.0 Å². The number of carbonyl (C=O) groups excluding carboxylic acids is 1. The summed E-state index contributed by atoms with van der Waals surface area (Å²) in [5.41, 5.74) is 0.485. The Morgan fingerprint density at radius 3 is 2.33 bits per heavy atom. The van der Waals surface area contributed by atoms with Gasteiger partial charge in [0.2, 0.25) is 5.91 Å². The molecule has 2 unspecified atom stereocenters. The molecule has 0 radical (unpaired) electrons. The first-order valence-corrected chi connectivity index (χ1v) is 9.00. The molecule has 0 saturated heterocycles. The molecule has 0 fully saturated rings. The molecule has 10 heteroatoms. The first-order valence-electron chi connectivity index (χ1n) is 9.00. The number of hydrogen-bond acceptors (Lipinski definition) is 6. The predicted molar refractivity (Wildman–Crippen MR) is 105 cm³/mol. The Hall–Kier alpha value is -4.08. The van der Waals surface area contributed by atoms with Gasteiger partial charge >= 0.3 is 11.9 Å². The van der Waals surface area contributed by atoms with Gasteiger partial charge in [0, 0.05) is 6.42 Å². The maximum atomic E-state index is 12.9. The number of benzene rings is 2. The fourth-order valence-corrected chi connectivity index (χ4v) is 2.98. The molecule has 0 saturated carbocycles. The Morgan fingerprint density at radius 1 is 1.00 bits per heavy atom. The van der Waals surface area contributed by atoms with Crippen molar-refractivity contribution in [3.05, 3.63) is 70.5 Å². The third-order valence-corrected chi connectivity index (χ3v) is 4.45. The lowest BCUT2D eigenvalue weighted by Crippen LogP contribution is -2.47. The van der Waals surface area contributed by atoms with Crippen LogP contribution < -0.4 is 10.9 Å². The maximum absolute atomic E-state index is 12.9. The predicted octanol–water partition coefficient (Wildman–Crippen LogP) is 0.619. The van der Waals surface area contributed by atoms with Gasteiger partial charge in [0.1, 0.15) is 17.6 Å². The van der Waals surface area contributed by atoms with E-state index in [2.05, 4.69) is 15.6 Å². The Morgan fingerprint density at radius 2 is 1.67 bits per heavy atom. The molecule has 0 aliphatic carbocycles. The van der Waals surface area contributed by atoms with Crippen LogP contribution in [-0.2, 0) is 20.8 Å². The summed E-state index contributed by atoms with van der Waals surface area (Å²) in [5, 5.41) is 28.4. The van der Waals surface area contributed by atoms with Crippen molar-refractivity contribution in [2.75, 3.05) is 0 Å². The van der Waals surface area contributed by atoms with Crippen molar-refractivity contribution in [2.24, 2.45) is 0 Å². The van der Waals surface area contributed by atoms with Crippen LogP contribution in [0.25, 0.3) is 10.9 Å². The number of carbonyl (C=O) groups is 3. The lowest BCUT2D eigenvalue weighted by Gasteiger charge is -2.20. The molecule has 3 aromatic rings. The van der Waals surface area contributed by atoms with Gasteiger partial charge in [-0.15, -0.1) is 5.10 Å². The summed E-state index contributed by atoms with van der Waals surface area (Å²) >= 11 is 0. The smallest absolute Gasteiger partial charge is 0.326 e. The average Bonchev–Trinajstić information content (AvgIpc) is 2.72. The van der Waals surface area contributed by atoms with Crippen LogP contribution in [0, 0.1) is 0 Å². The molecular formula is C20H18N4O6. The molecule has 2 atom stereocenters. The quantitative estimate of drug-likeness (QED) is 0.489. The second-order valence-corrected chi connectivity index (χ2v) is 6.56. The van der Waals surface area contributed by atoms with Gasteiger partial charge in [-0.1, -0.05) is 47.7 Å². The number of carboxylic acids is 2. The summed E-state index contributed by atoms with van der Waals surface area (Å²) in [7, 11) is 0. The number of hydrogen-bond donors (Lipinski definition) is 3. The average molecular weight is 410 g/mol. The molecule has 0 spiro atoms. The number of aliphatic carboxylic acids is 2. The molecule has 0 bridgehead atoms. The summed E-state index contributed by atoms with van der Waals surface area (Å²) in [4.78, 5) is 48.2. The Bertz CT molecular complexity index is 1140. The lowest BCUT2D eigenvalue weighted by atomic mass is 10.0. The van der Waals surface area contributed by atoms with Gasteiger partial charge in [-0.3, -0.25) is 14.4 Å². The summed E-state index contributed by atoms with van der Waals surface area (Å²) in [6.07, 6.45) is -0.781. The van der Waals surface area contributed by atoms with Gasteiger partial charge in [0.05, 0.1) is 11.8 Å². The van der Waals surface area contributed by atoms with Gasteiger partial charge in [-0.25, -0.2) is 4.79 Å². The highest BCUT2D eigenvalue weighted by Gasteiger charge is 2.30. The third-order valence-electron chi connectivity index (χ3n) is 4.45. The molecule has 0 aliphatic heterocycles. The molecule has 30 heavy (non-hydrogen) atoms. The molecule has 1 aromatic heterocycles. The normalized spacial score (nSPS) is 12.8.